The van der Waals surface area contributed by atoms with Crippen molar-refractivity contribution in [3.63, 3.8) is 0 Å². The number of fused-ring (bicyclic) bond motifs is 3. The third-order valence-electron chi connectivity index (χ3n) is 5.52. The van der Waals surface area contributed by atoms with E-state index in [2.05, 4.69) is 11.7 Å². The molecule has 0 fully saturated rings. The van der Waals surface area contributed by atoms with E-state index in [9.17, 15) is 13.2 Å². The van der Waals surface area contributed by atoms with Crippen molar-refractivity contribution in [2.75, 3.05) is 0 Å². The van der Waals surface area contributed by atoms with Gasteiger partial charge in [0.2, 0.25) is 11.2 Å². The topological polar surface area (TPSA) is 21.7 Å². The first-order valence-corrected chi connectivity index (χ1v) is 8.08. The van der Waals surface area contributed by atoms with Crippen LogP contribution in [0.2, 0.25) is 0 Å². The number of pyridine rings is 1. The van der Waals surface area contributed by atoms with Gasteiger partial charge in [-0.3, -0.25) is 0 Å². The monoisotopic (exact) mass is 336 g/mol. The van der Waals surface area contributed by atoms with Crippen LogP contribution in [0.15, 0.2) is 43.1 Å². The van der Waals surface area contributed by atoms with E-state index in [4.69, 9.17) is 0 Å². The molecular weight excluding hydrogens is 315 g/mol. The van der Waals surface area contributed by atoms with Gasteiger partial charge in [-0.15, -0.1) is 0 Å². The Labute approximate surface area is 139 Å². The van der Waals surface area contributed by atoms with Gasteiger partial charge in [0.25, 0.3) is 0 Å². The Kier molecular flexibility index (Phi) is 3.62. The molecule has 3 rings (SSSR count). The molecule has 0 aromatic carbocycles. The molecule has 128 valence electrons. The zero-order valence-electron chi connectivity index (χ0n) is 14.1. The molecular formula is C18H21F3N3+. The van der Waals surface area contributed by atoms with Gasteiger partial charge in [0.15, 0.2) is 11.9 Å². The molecule has 24 heavy (non-hydrogen) atoms. The summed E-state index contributed by atoms with van der Waals surface area (Å²) >= 11 is 0. The van der Waals surface area contributed by atoms with Gasteiger partial charge in [0.1, 0.15) is 11.2 Å². The average Bonchev–Trinajstić information content (AvgIpc) is 3.02. The van der Waals surface area contributed by atoms with Crippen molar-refractivity contribution in [1.82, 2.24) is 9.78 Å². The summed E-state index contributed by atoms with van der Waals surface area (Å²) in [4.78, 5) is 0. The van der Waals surface area contributed by atoms with Gasteiger partial charge < -0.3 is 0 Å². The molecule has 2 aromatic rings. The first kappa shape index (κ1) is 16.7. The molecule has 0 bridgehead atoms. The SMILES string of the molecule is C=CC1(CC)[n+]2ccccc2-c2cc(C(F)(F)F)nn2C1(C)CC. The molecule has 0 saturated carbocycles. The normalized spacial score (nSPS) is 25.9. The number of hydrogen-bond acceptors (Lipinski definition) is 1. The second-order valence-electron chi connectivity index (χ2n) is 6.39. The van der Waals surface area contributed by atoms with Gasteiger partial charge in [-0.1, -0.05) is 20.4 Å². The van der Waals surface area contributed by atoms with Gasteiger partial charge in [0.05, 0.1) is 0 Å². The summed E-state index contributed by atoms with van der Waals surface area (Å²) in [6, 6.07) is 6.69. The molecule has 3 nitrogen and oxygen atoms in total. The van der Waals surface area contributed by atoms with Crippen molar-refractivity contribution >= 4 is 0 Å². The summed E-state index contributed by atoms with van der Waals surface area (Å²) in [5.41, 5.74) is -0.864. The zero-order chi connectivity index (χ0) is 17.8. The number of allylic oxidation sites excluding steroid dienone is 1. The summed E-state index contributed by atoms with van der Waals surface area (Å²) in [5, 5.41) is 3.97. The predicted molar refractivity (Wildman–Crippen MR) is 85.3 cm³/mol. The minimum atomic E-state index is -4.47. The molecule has 2 unspecified atom stereocenters. The van der Waals surface area contributed by atoms with Crippen molar-refractivity contribution in [2.24, 2.45) is 0 Å². The number of hydrogen-bond donors (Lipinski definition) is 0. The van der Waals surface area contributed by atoms with Crippen LogP contribution in [0, 0.1) is 0 Å². The fraction of sp³-hybridized carbons (Fsp3) is 0.444. The second-order valence-corrected chi connectivity index (χ2v) is 6.39. The Bertz CT molecular complexity index is 793. The fourth-order valence-electron chi connectivity index (χ4n) is 3.99. The lowest BCUT2D eigenvalue weighted by molar-refractivity contribution is -0.761. The van der Waals surface area contributed by atoms with E-state index >= 15 is 0 Å². The van der Waals surface area contributed by atoms with Crippen LogP contribution in [0.4, 0.5) is 13.2 Å². The number of rotatable bonds is 3. The minimum absolute atomic E-state index is 0.484. The van der Waals surface area contributed by atoms with E-state index in [1.807, 2.05) is 55.8 Å². The Hall–Kier alpha value is -2.11. The van der Waals surface area contributed by atoms with Crippen LogP contribution in [-0.2, 0) is 17.3 Å². The van der Waals surface area contributed by atoms with Crippen molar-refractivity contribution in [1.29, 1.82) is 0 Å². The molecule has 3 heterocycles. The summed E-state index contributed by atoms with van der Waals surface area (Å²) in [5.74, 6) is 0. The number of alkyl halides is 3. The molecule has 0 spiro atoms. The largest absolute Gasteiger partial charge is 0.435 e. The molecule has 1 aliphatic rings. The predicted octanol–water partition coefficient (Wildman–Crippen LogP) is 4.29. The lowest BCUT2D eigenvalue weighted by Gasteiger charge is -2.45. The molecule has 0 radical (unpaired) electrons. The highest BCUT2D eigenvalue weighted by Gasteiger charge is 2.59. The molecule has 0 amide bonds. The third-order valence-corrected chi connectivity index (χ3v) is 5.52. The summed E-state index contributed by atoms with van der Waals surface area (Å²) in [6.45, 7) is 9.97. The molecule has 2 aromatic heterocycles. The van der Waals surface area contributed by atoms with Crippen molar-refractivity contribution in [2.45, 2.75) is 50.9 Å². The standard InChI is InChI=1S/C18H21F3N3/c1-5-16(4)17(6-2,7-3)23-11-9-8-10-13(23)14-12-15(18(19,20)21)22-24(14)16/h6,8-12H,2,5,7H2,1,3-4H3/q+1. The van der Waals surface area contributed by atoms with Crippen molar-refractivity contribution < 1.29 is 17.7 Å². The maximum atomic E-state index is 13.3. The molecule has 2 atom stereocenters. The maximum Gasteiger partial charge on any atom is 0.435 e. The van der Waals surface area contributed by atoms with Crippen LogP contribution in [0.25, 0.3) is 11.4 Å². The van der Waals surface area contributed by atoms with Crippen LogP contribution < -0.4 is 4.57 Å². The van der Waals surface area contributed by atoms with Crippen LogP contribution in [-0.4, -0.2) is 9.78 Å². The Morgan fingerprint density at radius 3 is 2.54 bits per heavy atom. The zero-order valence-corrected chi connectivity index (χ0v) is 14.1. The number of aromatic nitrogens is 3. The molecule has 6 heteroatoms. The molecule has 0 N–H and O–H groups in total. The summed E-state index contributed by atoms with van der Waals surface area (Å²) < 4.78 is 43.4. The van der Waals surface area contributed by atoms with Gasteiger partial charge in [-0.25, -0.2) is 4.68 Å². The Balaban J connectivity index is 2.43. The average molecular weight is 336 g/mol. The van der Waals surface area contributed by atoms with Gasteiger partial charge in [-0.05, 0) is 25.5 Å². The van der Waals surface area contributed by atoms with Crippen LogP contribution in [0.3, 0.4) is 0 Å². The van der Waals surface area contributed by atoms with E-state index < -0.39 is 22.9 Å². The van der Waals surface area contributed by atoms with E-state index in [-0.39, 0.29) is 0 Å². The van der Waals surface area contributed by atoms with Crippen LogP contribution in [0.1, 0.15) is 39.3 Å². The highest BCUT2D eigenvalue weighted by molar-refractivity contribution is 5.54. The van der Waals surface area contributed by atoms with Gasteiger partial charge in [0, 0.05) is 24.6 Å². The lowest BCUT2D eigenvalue weighted by Crippen LogP contribution is -2.70. The van der Waals surface area contributed by atoms with Gasteiger partial charge >= 0.3 is 6.18 Å². The van der Waals surface area contributed by atoms with E-state index in [1.165, 1.54) is 0 Å². The van der Waals surface area contributed by atoms with E-state index in [0.717, 1.165) is 6.07 Å². The summed E-state index contributed by atoms with van der Waals surface area (Å²) in [7, 11) is 0. The highest BCUT2D eigenvalue weighted by atomic mass is 19.4. The van der Waals surface area contributed by atoms with E-state index in [1.54, 1.807) is 4.68 Å². The smallest absolute Gasteiger partial charge is 0.245 e. The van der Waals surface area contributed by atoms with Gasteiger partial charge in [-0.2, -0.15) is 22.8 Å². The van der Waals surface area contributed by atoms with E-state index in [0.29, 0.717) is 24.2 Å². The molecule has 1 aliphatic heterocycles. The highest BCUT2D eigenvalue weighted by Crippen LogP contribution is 2.46. The first-order chi connectivity index (χ1) is 11.2. The fourth-order valence-corrected chi connectivity index (χ4v) is 3.99. The second kappa shape index (κ2) is 5.19. The summed E-state index contributed by atoms with van der Waals surface area (Å²) in [6.07, 6.45) is 0.612. The minimum Gasteiger partial charge on any atom is -0.245 e. The van der Waals surface area contributed by atoms with Crippen molar-refractivity contribution in [3.8, 4) is 11.4 Å². The molecule has 0 aliphatic carbocycles. The third kappa shape index (κ3) is 1.91. The Morgan fingerprint density at radius 2 is 2.00 bits per heavy atom. The maximum absolute atomic E-state index is 13.3. The quantitative estimate of drug-likeness (QED) is 0.605. The first-order valence-electron chi connectivity index (χ1n) is 8.08. The van der Waals surface area contributed by atoms with Crippen LogP contribution in [0.5, 0.6) is 0 Å². The van der Waals surface area contributed by atoms with Crippen molar-refractivity contribution in [3.05, 3.63) is 48.8 Å². The molecule has 0 saturated heterocycles. The van der Waals surface area contributed by atoms with Crippen LogP contribution >= 0.6 is 0 Å². The number of nitrogens with zero attached hydrogens (tertiary/aromatic N) is 3. The number of halogens is 3. The lowest BCUT2D eigenvalue weighted by atomic mass is 9.72. The Morgan fingerprint density at radius 1 is 1.29 bits per heavy atom.